The quantitative estimate of drug-likeness (QED) is 0.593. The highest BCUT2D eigenvalue weighted by atomic mass is 16.5. The van der Waals surface area contributed by atoms with Gasteiger partial charge in [-0.15, -0.1) is 0 Å². The van der Waals surface area contributed by atoms with Gasteiger partial charge in [-0.05, 0) is 39.8 Å². The first-order valence-corrected chi connectivity index (χ1v) is 6.69. The highest BCUT2D eigenvalue weighted by Gasteiger charge is 2.15. The van der Waals surface area contributed by atoms with Gasteiger partial charge in [0, 0.05) is 6.54 Å². The third kappa shape index (κ3) is 6.43. The molecule has 0 aliphatic rings. The molecule has 1 heterocycles. The summed E-state index contributed by atoms with van der Waals surface area (Å²) in [6.07, 6.45) is 0. The molecule has 0 spiro atoms. The van der Waals surface area contributed by atoms with Crippen molar-refractivity contribution in [2.75, 3.05) is 30.8 Å². The molecule has 0 saturated heterocycles. The number of nitrogens with two attached hydrogens (primary N) is 1. The summed E-state index contributed by atoms with van der Waals surface area (Å²) in [5, 5.41) is 3.17. The maximum absolute atomic E-state index is 5.86. The van der Waals surface area contributed by atoms with Gasteiger partial charge in [-0.2, -0.15) is 4.98 Å². The third-order valence-electron chi connectivity index (χ3n) is 2.19. The van der Waals surface area contributed by atoms with Crippen molar-refractivity contribution in [1.82, 2.24) is 4.98 Å². The molecule has 0 atom stereocenters. The molecule has 5 heteroatoms. The molecule has 0 radical (unpaired) electrons. The molecule has 20 heavy (non-hydrogen) atoms. The first-order valence-electron chi connectivity index (χ1n) is 6.69. The van der Waals surface area contributed by atoms with Crippen molar-refractivity contribution in [2.24, 2.45) is 0 Å². The average Bonchev–Trinajstić information content (AvgIpc) is 2.30. The predicted octanol–water partition coefficient (Wildman–Crippen LogP) is 2.85. The van der Waals surface area contributed by atoms with Gasteiger partial charge in [0.2, 0.25) is 5.88 Å². The number of hydrogen-bond donors (Lipinski definition) is 2. The topological polar surface area (TPSA) is 69.4 Å². The molecule has 0 aliphatic heterocycles. The van der Waals surface area contributed by atoms with Gasteiger partial charge < -0.3 is 20.5 Å². The smallest absolute Gasteiger partial charge is 0.239 e. The summed E-state index contributed by atoms with van der Waals surface area (Å²) in [5.41, 5.74) is 7.07. The Balaban J connectivity index is 2.51. The van der Waals surface area contributed by atoms with Gasteiger partial charge in [0.05, 0.1) is 18.9 Å². The Hall–Kier alpha value is -1.75. The van der Waals surface area contributed by atoms with E-state index in [2.05, 4.69) is 16.9 Å². The molecular formula is C15H25N3O2. The van der Waals surface area contributed by atoms with Crippen LogP contribution in [0.15, 0.2) is 24.3 Å². The number of hydrogen-bond acceptors (Lipinski definition) is 5. The maximum Gasteiger partial charge on any atom is 0.239 e. The lowest BCUT2D eigenvalue weighted by Gasteiger charge is -2.21. The van der Waals surface area contributed by atoms with Crippen LogP contribution >= 0.6 is 0 Å². The van der Waals surface area contributed by atoms with E-state index in [1.807, 2.05) is 33.8 Å². The molecule has 1 rings (SSSR count). The first kappa shape index (κ1) is 16.3. The molecule has 3 N–H and O–H groups in total. The minimum absolute atomic E-state index is 0.329. The maximum atomic E-state index is 5.86. The van der Waals surface area contributed by atoms with Crippen molar-refractivity contribution in [3.63, 3.8) is 0 Å². The first-order chi connectivity index (χ1) is 9.28. The summed E-state index contributed by atoms with van der Waals surface area (Å²) in [6, 6.07) is 3.61. The van der Waals surface area contributed by atoms with Gasteiger partial charge in [0.1, 0.15) is 11.4 Å². The third-order valence-corrected chi connectivity index (χ3v) is 2.19. The van der Waals surface area contributed by atoms with Crippen molar-refractivity contribution < 1.29 is 9.47 Å². The fourth-order valence-corrected chi connectivity index (χ4v) is 1.42. The largest absolute Gasteiger partial charge is 0.470 e. The number of nitrogens with zero attached hydrogens (tertiary/aromatic N) is 1. The lowest BCUT2D eigenvalue weighted by atomic mass is 10.2. The lowest BCUT2D eigenvalue weighted by molar-refractivity contribution is 0.125. The van der Waals surface area contributed by atoms with Crippen LogP contribution in [0.4, 0.5) is 11.5 Å². The van der Waals surface area contributed by atoms with E-state index < -0.39 is 0 Å². The van der Waals surface area contributed by atoms with Crippen LogP contribution < -0.4 is 15.8 Å². The number of anilines is 2. The summed E-state index contributed by atoms with van der Waals surface area (Å²) in [6.45, 7) is 13.4. The zero-order valence-electron chi connectivity index (χ0n) is 12.8. The van der Waals surface area contributed by atoms with E-state index in [0.717, 1.165) is 11.4 Å². The van der Waals surface area contributed by atoms with E-state index in [1.165, 1.54) is 0 Å². The molecule has 0 aromatic carbocycles. The second kappa shape index (κ2) is 7.14. The Bertz CT molecular complexity index is 453. The fraction of sp³-hybridized carbons (Fsp3) is 0.533. The Morgan fingerprint density at radius 2 is 2.10 bits per heavy atom. The predicted molar refractivity (Wildman–Crippen MR) is 83.2 cm³/mol. The Kier molecular flexibility index (Phi) is 5.82. The molecule has 1 aromatic heterocycles. The number of nitrogen functional groups attached to an aromatic ring is 1. The fourth-order valence-electron chi connectivity index (χ4n) is 1.42. The van der Waals surface area contributed by atoms with Crippen LogP contribution in [0.3, 0.4) is 0 Å². The van der Waals surface area contributed by atoms with Crippen molar-refractivity contribution in [2.45, 2.75) is 33.3 Å². The summed E-state index contributed by atoms with van der Waals surface area (Å²) < 4.78 is 11.1. The normalized spacial score (nSPS) is 11.2. The molecule has 5 nitrogen and oxygen atoms in total. The number of rotatable bonds is 7. The van der Waals surface area contributed by atoms with Crippen molar-refractivity contribution in [3.8, 4) is 5.88 Å². The zero-order chi connectivity index (χ0) is 15.2. The van der Waals surface area contributed by atoms with Gasteiger partial charge in [0.15, 0.2) is 0 Å². The van der Waals surface area contributed by atoms with E-state index in [0.29, 0.717) is 31.3 Å². The van der Waals surface area contributed by atoms with E-state index >= 15 is 0 Å². The summed E-state index contributed by atoms with van der Waals surface area (Å²) in [7, 11) is 0. The number of pyridine rings is 1. The molecule has 0 bridgehead atoms. The average molecular weight is 279 g/mol. The second-order valence-electron chi connectivity index (χ2n) is 5.74. The van der Waals surface area contributed by atoms with Crippen molar-refractivity contribution in [1.29, 1.82) is 0 Å². The Morgan fingerprint density at radius 1 is 1.40 bits per heavy atom. The summed E-state index contributed by atoms with van der Waals surface area (Å²) in [5.74, 6) is 1.17. The van der Waals surface area contributed by atoms with Gasteiger partial charge >= 0.3 is 0 Å². The Labute approximate surface area is 121 Å². The second-order valence-corrected chi connectivity index (χ2v) is 5.74. The molecule has 0 fully saturated rings. The molecule has 0 unspecified atom stereocenters. The van der Waals surface area contributed by atoms with Crippen LogP contribution in [0.2, 0.25) is 0 Å². The minimum Gasteiger partial charge on any atom is -0.470 e. The molecule has 0 aliphatic carbocycles. The Morgan fingerprint density at radius 3 is 2.70 bits per heavy atom. The van der Waals surface area contributed by atoms with E-state index in [-0.39, 0.29) is 5.60 Å². The van der Waals surface area contributed by atoms with E-state index in [4.69, 9.17) is 15.2 Å². The molecule has 0 amide bonds. The van der Waals surface area contributed by atoms with Crippen LogP contribution in [0.25, 0.3) is 0 Å². The van der Waals surface area contributed by atoms with Gasteiger partial charge in [-0.3, -0.25) is 0 Å². The van der Waals surface area contributed by atoms with Crippen molar-refractivity contribution >= 4 is 11.5 Å². The summed E-state index contributed by atoms with van der Waals surface area (Å²) >= 11 is 0. The van der Waals surface area contributed by atoms with Gasteiger partial charge in [-0.1, -0.05) is 12.2 Å². The summed E-state index contributed by atoms with van der Waals surface area (Å²) in [4.78, 5) is 4.36. The molecule has 0 saturated carbocycles. The SMILES string of the molecule is C=C(C)COCCNc1ccc(N)c(OC(C)(C)C)n1. The van der Waals surface area contributed by atoms with Crippen molar-refractivity contribution in [3.05, 3.63) is 24.3 Å². The van der Waals surface area contributed by atoms with Crippen LogP contribution in [-0.4, -0.2) is 30.3 Å². The monoisotopic (exact) mass is 279 g/mol. The number of ether oxygens (including phenoxy) is 2. The number of aromatic nitrogens is 1. The standard InChI is InChI=1S/C15H25N3O2/c1-11(2)10-19-9-8-17-13-7-6-12(16)14(18-13)20-15(3,4)5/h6-7H,1,8-10,16H2,2-5H3,(H,17,18). The van der Waals surface area contributed by atoms with Gasteiger partial charge in [0.25, 0.3) is 0 Å². The van der Waals surface area contributed by atoms with Crippen LogP contribution in [0, 0.1) is 0 Å². The minimum atomic E-state index is -0.329. The number of nitrogens with one attached hydrogen (secondary N) is 1. The lowest BCUT2D eigenvalue weighted by Crippen LogP contribution is -2.24. The molecule has 1 aromatic rings. The highest BCUT2D eigenvalue weighted by molar-refractivity contribution is 5.53. The van der Waals surface area contributed by atoms with Gasteiger partial charge in [-0.25, -0.2) is 0 Å². The highest BCUT2D eigenvalue weighted by Crippen LogP contribution is 2.24. The van der Waals surface area contributed by atoms with E-state index in [1.54, 1.807) is 6.07 Å². The molecule has 112 valence electrons. The zero-order valence-corrected chi connectivity index (χ0v) is 12.8. The molecular weight excluding hydrogens is 254 g/mol. The van der Waals surface area contributed by atoms with Crippen LogP contribution in [0.1, 0.15) is 27.7 Å². The van der Waals surface area contributed by atoms with Crippen LogP contribution in [0.5, 0.6) is 5.88 Å². The van der Waals surface area contributed by atoms with E-state index in [9.17, 15) is 0 Å². The van der Waals surface area contributed by atoms with Crippen LogP contribution in [-0.2, 0) is 4.74 Å².